The van der Waals surface area contributed by atoms with E-state index in [1.54, 1.807) is 22.8 Å². The third kappa shape index (κ3) is 4.61. The number of hydrogen-bond donors (Lipinski definition) is 1. The van der Waals surface area contributed by atoms with E-state index >= 15 is 0 Å². The summed E-state index contributed by atoms with van der Waals surface area (Å²) in [5.74, 6) is -0.140. The highest BCUT2D eigenvalue weighted by Gasteiger charge is 2.22. The molecular weight excluding hydrogens is 450 g/mol. The molecule has 11 heteroatoms. The number of carbonyl (C=O) groups is 1. The number of nitrogens with one attached hydrogen (secondary N) is 1. The molecule has 30 heavy (non-hydrogen) atoms. The van der Waals surface area contributed by atoms with Crippen LogP contribution in [0.3, 0.4) is 0 Å². The van der Waals surface area contributed by atoms with Gasteiger partial charge >= 0.3 is 4.87 Å². The summed E-state index contributed by atoms with van der Waals surface area (Å²) in [6, 6.07) is 9.59. The first-order chi connectivity index (χ1) is 14.1. The van der Waals surface area contributed by atoms with Crippen molar-refractivity contribution < 1.29 is 17.9 Å². The molecule has 1 aromatic heterocycles. The highest BCUT2D eigenvalue weighted by molar-refractivity contribution is 7.92. The van der Waals surface area contributed by atoms with Crippen LogP contribution in [0.15, 0.2) is 41.2 Å². The lowest BCUT2D eigenvalue weighted by molar-refractivity contribution is -0.114. The van der Waals surface area contributed by atoms with Crippen LogP contribution in [-0.2, 0) is 21.4 Å². The van der Waals surface area contributed by atoms with Crippen molar-refractivity contribution in [3.05, 3.63) is 51.1 Å². The van der Waals surface area contributed by atoms with Gasteiger partial charge in [0.2, 0.25) is 15.9 Å². The van der Waals surface area contributed by atoms with Crippen LogP contribution < -0.4 is 19.2 Å². The summed E-state index contributed by atoms with van der Waals surface area (Å²) in [6.07, 6.45) is 1.01. The van der Waals surface area contributed by atoms with Gasteiger partial charge in [-0.15, -0.1) is 0 Å². The van der Waals surface area contributed by atoms with E-state index in [-0.39, 0.29) is 15.6 Å². The minimum atomic E-state index is -3.75. The van der Waals surface area contributed by atoms with Crippen molar-refractivity contribution in [3.63, 3.8) is 0 Å². The van der Waals surface area contributed by atoms with Gasteiger partial charge in [-0.25, -0.2) is 8.42 Å². The largest absolute Gasteiger partial charge is 0.495 e. The number of anilines is 2. The second-order valence-corrected chi connectivity index (χ2v) is 9.74. The number of amides is 1. The van der Waals surface area contributed by atoms with E-state index in [1.807, 2.05) is 6.92 Å². The number of hydrogen-bond acceptors (Lipinski definition) is 6. The molecule has 0 spiro atoms. The molecular formula is C19H20ClN3O5S2. The average molecular weight is 470 g/mol. The van der Waals surface area contributed by atoms with E-state index in [1.165, 1.54) is 25.3 Å². The molecule has 0 aliphatic heterocycles. The molecule has 8 nitrogen and oxygen atoms in total. The van der Waals surface area contributed by atoms with Crippen molar-refractivity contribution in [1.82, 2.24) is 4.57 Å². The van der Waals surface area contributed by atoms with E-state index in [0.717, 1.165) is 32.1 Å². The fraction of sp³-hybridized carbons (Fsp3) is 0.263. The minimum absolute atomic E-state index is 0.0735. The highest BCUT2D eigenvalue weighted by atomic mass is 35.5. The number of aromatic nitrogens is 1. The van der Waals surface area contributed by atoms with Gasteiger partial charge in [0.1, 0.15) is 12.3 Å². The molecule has 0 saturated carbocycles. The third-order valence-corrected chi connectivity index (χ3v) is 6.76. The van der Waals surface area contributed by atoms with Crippen molar-refractivity contribution in [2.24, 2.45) is 0 Å². The summed E-state index contributed by atoms with van der Waals surface area (Å²) in [5.41, 5.74) is 1.50. The fourth-order valence-corrected chi connectivity index (χ4v) is 5.08. The SMILES string of the molecule is CCn1c(=O)sc2cc(NC(=O)CN(c3ccc(OC)c(Cl)c3)S(C)(=O)=O)ccc21. The van der Waals surface area contributed by atoms with Gasteiger partial charge in [-0.05, 0) is 43.3 Å². The third-order valence-electron chi connectivity index (χ3n) is 4.38. The standard InChI is InChI=1S/C19H20ClN3O5S2/c1-4-22-15-7-5-12(9-17(15)29-19(22)25)21-18(24)11-23(30(3,26)27)13-6-8-16(28-2)14(20)10-13/h5-10H,4,11H2,1-3H3,(H,21,24). The number of benzene rings is 2. The van der Waals surface area contributed by atoms with Gasteiger partial charge in [0.25, 0.3) is 0 Å². The molecule has 0 bridgehead atoms. The number of nitrogens with zero attached hydrogens (tertiary/aromatic N) is 2. The van der Waals surface area contributed by atoms with Crippen LogP contribution in [0.1, 0.15) is 6.92 Å². The first-order valence-corrected chi connectivity index (χ1v) is 11.9. The number of aryl methyl sites for hydroxylation is 1. The lowest BCUT2D eigenvalue weighted by Gasteiger charge is -2.22. The summed E-state index contributed by atoms with van der Waals surface area (Å²) in [7, 11) is -2.30. The van der Waals surface area contributed by atoms with Gasteiger partial charge in [0.15, 0.2) is 0 Å². The number of methoxy groups -OCH3 is 1. The van der Waals surface area contributed by atoms with Crippen LogP contribution in [0.2, 0.25) is 5.02 Å². The molecule has 2 aromatic carbocycles. The first-order valence-electron chi connectivity index (χ1n) is 8.88. The lowest BCUT2D eigenvalue weighted by atomic mass is 10.3. The lowest BCUT2D eigenvalue weighted by Crippen LogP contribution is -2.37. The van der Waals surface area contributed by atoms with E-state index in [0.29, 0.717) is 18.0 Å². The first kappa shape index (κ1) is 22.1. The van der Waals surface area contributed by atoms with Crippen molar-refractivity contribution >= 4 is 60.5 Å². The van der Waals surface area contributed by atoms with Crippen LogP contribution >= 0.6 is 22.9 Å². The quantitative estimate of drug-likeness (QED) is 0.573. The van der Waals surface area contributed by atoms with Crippen molar-refractivity contribution in [1.29, 1.82) is 0 Å². The maximum atomic E-state index is 12.6. The molecule has 0 fully saturated rings. The Morgan fingerprint density at radius 1 is 1.27 bits per heavy atom. The average Bonchev–Trinajstić information content (AvgIpc) is 2.99. The normalized spacial score (nSPS) is 11.5. The molecule has 0 unspecified atom stereocenters. The molecule has 1 N–H and O–H groups in total. The molecule has 1 amide bonds. The Morgan fingerprint density at radius 3 is 2.60 bits per heavy atom. The molecule has 0 atom stereocenters. The number of rotatable bonds is 7. The van der Waals surface area contributed by atoms with Gasteiger partial charge in [-0.1, -0.05) is 22.9 Å². The second-order valence-electron chi connectivity index (χ2n) is 6.43. The summed E-state index contributed by atoms with van der Waals surface area (Å²) >= 11 is 7.19. The molecule has 160 valence electrons. The van der Waals surface area contributed by atoms with Gasteiger partial charge < -0.3 is 10.1 Å². The number of halogens is 1. The predicted octanol–water partition coefficient (Wildman–Crippen LogP) is 3.15. The maximum Gasteiger partial charge on any atom is 0.308 e. The second kappa shape index (κ2) is 8.66. The number of thiazole rings is 1. The fourth-order valence-electron chi connectivity index (χ4n) is 2.98. The number of fused-ring (bicyclic) bond motifs is 1. The van der Waals surface area contributed by atoms with Crippen molar-refractivity contribution in [2.45, 2.75) is 13.5 Å². The Kier molecular flexibility index (Phi) is 6.39. The maximum absolute atomic E-state index is 12.6. The molecule has 3 aromatic rings. The van der Waals surface area contributed by atoms with Crippen LogP contribution in [0.4, 0.5) is 11.4 Å². The van der Waals surface area contributed by atoms with Crippen LogP contribution in [0.5, 0.6) is 5.75 Å². The van der Waals surface area contributed by atoms with E-state index in [4.69, 9.17) is 16.3 Å². The van der Waals surface area contributed by atoms with Crippen molar-refractivity contribution in [3.8, 4) is 5.75 Å². The molecule has 0 radical (unpaired) electrons. The van der Waals surface area contributed by atoms with E-state index in [9.17, 15) is 18.0 Å². The van der Waals surface area contributed by atoms with E-state index < -0.39 is 22.5 Å². The van der Waals surface area contributed by atoms with Crippen LogP contribution in [-0.4, -0.2) is 38.8 Å². The summed E-state index contributed by atoms with van der Waals surface area (Å²) < 4.78 is 33.0. The minimum Gasteiger partial charge on any atom is -0.495 e. The molecule has 1 heterocycles. The zero-order valence-corrected chi connectivity index (χ0v) is 18.9. The monoisotopic (exact) mass is 469 g/mol. The predicted molar refractivity (Wildman–Crippen MR) is 121 cm³/mol. The molecule has 0 aliphatic carbocycles. The topological polar surface area (TPSA) is 97.7 Å². The Bertz CT molecular complexity index is 1270. The van der Waals surface area contributed by atoms with Crippen molar-refractivity contribution in [2.75, 3.05) is 29.5 Å². The molecule has 0 saturated heterocycles. The summed E-state index contributed by atoms with van der Waals surface area (Å²) in [4.78, 5) is 24.5. The Hall–Kier alpha value is -2.56. The zero-order chi connectivity index (χ0) is 22.1. The zero-order valence-electron chi connectivity index (χ0n) is 16.5. The number of ether oxygens (including phenoxy) is 1. The Labute approximate surface area is 182 Å². The molecule has 0 aliphatic rings. The van der Waals surface area contributed by atoms with Gasteiger partial charge in [-0.2, -0.15) is 0 Å². The smallest absolute Gasteiger partial charge is 0.308 e. The van der Waals surface area contributed by atoms with E-state index in [2.05, 4.69) is 5.32 Å². The molecule has 3 rings (SSSR count). The van der Waals surface area contributed by atoms with Gasteiger partial charge in [-0.3, -0.25) is 18.5 Å². The van der Waals surface area contributed by atoms with Gasteiger partial charge in [0.05, 0.1) is 34.3 Å². The van der Waals surface area contributed by atoms with Crippen LogP contribution in [0, 0.1) is 0 Å². The Morgan fingerprint density at radius 2 is 2.00 bits per heavy atom. The Balaban J connectivity index is 1.84. The number of sulfonamides is 1. The highest BCUT2D eigenvalue weighted by Crippen LogP contribution is 2.30. The summed E-state index contributed by atoms with van der Waals surface area (Å²) in [5, 5.41) is 2.91. The van der Waals surface area contributed by atoms with Gasteiger partial charge in [0, 0.05) is 12.2 Å². The van der Waals surface area contributed by atoms with Crippen LogP contribution in [0.25, 0.3) is 10.2 Å². The number of carbonyl (C=O) groups excluding carboxylic acids is 1. The summed E-state index contributed by atoms with van der Waals surface area (Å²) in [6.45, 7) is 2.00.